The summed E-state index contributed by atoms with van der Waals surface area (Å²) in [4.78, 5) is 7.27. The number of hydrogen-bond donors (Lipinski definition) is 2. The largest absolute Gasteiger partial charge is 0.395 e. The highest BCUT2D eigenvalue weighted by molar-refractivity contribution is 7.89. The van der Waals surface area contributed by atoms with Crippen LogP contribution in [0.5, 0.6) is 0 Å². The van der Waals surface area contributed by atoms with Crippen molar-refractivity contribution < 1.29 is 13.5 Å². The van der Waals surface area contributed by atoms with Gasteiger partial charge in [-0.3, -0.25) is 0 Å². The van der Waals surface area contributed by atoms with Gasteiger partial charge in [-0.1, -0.05) is 6.92 Å². The highest BCUT2D eigenvalue weighted by atomic mass is 32.2. The van der Waals surface area contributed by atoms with Crippen molar-refractivity contribution in [3.63, 3.8) is 0 Å². The van der Waals surface area contributed by atoms with Gasteiger partial charge in [-0.2, -0.15) is 4.31 Å². The van der Waals surface area contributed by atoms with Crippen molar-refractivity contribution in [1.82, 2.24) is 14.3 Å². The summed E-state index contributed by atoms with van der Waals surface area (Å²) in [5.41, 5.74) is 5.29. The number of nitrogen functional groups attached to an aromatic ring is 1. The minimum absolute atomic E-state index is 0.0198. The minimum atomic E-state index is -3.65. The Labute approximate surface area is 100 Å². The maximum atomic E-state index is 12.1. The van der Waals surface area contributed by atoms with Crippen molar-refractivity contribution >= 4 is 16.0 Å². The molecule has 0 saturated carbocycles. The molecule has 1 aromatic rings. The van der Waals surface area contributed by atoms with Gasteiger partial charge in [-0.15, -0.1) is 0 Å². The number of rotatable bonds is 6. The minimum Gasteiger partial charge on any atom is -0.395 e. The maximum absolute atomic E-state index is 12.1. The van der Waals surface area contributed by atoms with E-state index in [1.165, 1.54) is 4.31 Å². The van der Waals surface area contributed by atoms with E-state index in [0.29, 0.717) is 13.0 Å². The van der Waals surface area contributed by atoms with Crippen molar-refractivity contribution in [3.8, 4) is 0 Å². The standard InChI is InChI=1S/C9H16N4O3S/c1-2-3-13(4-5-14)17(15,16)8-6-11-9(10)12-7-8/h6-7,14H,2-5H2,1H3,(H2,10,11,12). The molecule has 0 aliphatic heterocycles. The molecule has 0 aliphatic rings. The molecule has 0 aliphatic carbocycles. The molecule has 1 rings (SSSR count). The smallest absolute Gasteiger partial charge is 0.246 e. The first-order valence-electron chi connectivity index (χ1n) is 5.21. The molecule has 1 heterocycles. The van der Waals surface area contributed by atoms with Crippen molar-refractivity contribution in [2.45, 2.75) is 18.2 Å². The van der Waals surface area contributed by atoms with E-state index < -0.39 is 10.0 Å². The summed E-state index contributed by atoms with van der Waals surface area (Å²) < 4.78 is 25.4. The summed E-state index contributed by atoms with van der Waals surface area (Å²) in [6, 6.07) is 0. The number of nitrogens with two attached hydrogens (primary N) is 1. The Morgan fingerprint density at radius 2 is 1.94 bits per heavy atom. The third-order valence-electron chi connectivity index (χ3n) is 2.11. The summed E-state index contributed by atoms with van der Waals surface area (Å²) in [5, 5.41) is 8.86. The van der Waals surface area contributed by atoms with Gasteiger partial charge in [-0.05, 0) is 6.42 Å². The second-order valence-electron chi connectivity index (χ2n) is 3.40. The van der Waals surface area contributed by atoms with Gasteiger partial charge >= 0.3 is 0 Å². The zero-order valence-corrected chi connectivity index (χ0v) is 10.4. The van der Waals surface area contributed by atoms with E-state index >= 15 is 0 Å². The molecule has 0 bridgehead atoms. The van der Waals surface area contributed by atoms with Crippen LogP contribution in [0, 0.1) is 0 Å². The number of sulfonamides is 1. The van der Waals surface area contributed by atoms with Crippen LogP contribution in [0.1, 0.15) is 13.3 Å². The number of nitrogens with zero attached hydrogens (tertiary/aromatic N) is 3. The predicted octanol–water partition coefficient (Wildman–Crippen LogP) is -0.548. The third kappa shape index (κ3) is 3.35. The molecule has 3 N–H and O–H groups in total. The molecule has 0 fully saturated rings. The summed E-state index contributed by atoms with van der Waals surface area (Å²) in [6.07, 6.45) is 2.99. The molecular formula is C9H16N4O3S. The van der Waals surface area contributed by atoms with Crippen LogP contribution in [0.25, 0.3) is 0 Å². The molecule has 0 aromatic carbocycles. The molecule has 1 aromatic heterocycles. The molecule has 0 radical (unpaired) electrons. The van der Waals surface area contributed by atoms with E-state index in [9.17, 15) is 8.42 Å². The molecule has 0 spiro atoms. The fourth-order valence-electron chi connectivity index (χ4n) is 1.32. The first-order valence-corrected chi connectivity index (χ1v) is 6.65. The Morgan fingerprint density at radius 3 is 2.41 bits per heavy atom. The normalized spacial score (nSPS) is 11.9. The fraction of sp³-hybridized carbons (Fsp3) is 0.556. The fourth-order valence-corrected chi connectivity index (χ4v) is 2.74. The summed E-state index contributed by atoms with van der Waals surface area (Å²) in [5.74, 6) is 0.0214. The number of anilines is 1. The Kier molecular flexibility index (Phi) is 4.79. The predicted molar refractivity (Wildman–Crippen MR) is 62.6 cm³/mol. The molecule has 0 amide bonds. The SMILES string of the molecule is CCCN(CCO)S(=O)(=O)c1cnc(N)nc1. The molecule has 17 heavy (non-hydrogen) atoms. The first-order chi connectivity index (χ1) is 8.02. The Morgan fingerprint density at radius 1 is 1.35 bits per heavy atom. The van der Waals surface area contributed by atoms with Crippen LogP contribution in [-0.4, -0.2) is 47.5 Å². The average molecular weight is 260 g/mol. The van der Waals surface area contributed by atoms with Gasteiger partial charge in [0, 0.05) is 13.1 Å². The van der Waals surface area contributed by atoms with E-state index in [0.717, 1.165) is 12.4 Å². The van der Waals surface area contributed by atoms with Crippen LogP contribution in [0.3, 0.4) is 0 Å². The van der Waals surface area contributed by atoms with Gasteiger partial charge in [0.15, 0.2) is 0 Å². The van der Waals surface area contributed by atoms with Crippen LogP contribution < -0.4 is 5.73 Å². The highest BCUT2D eigenvalue weighted by Crippen LogP contribution is 2.14. The Hall–Kier alpha value is -1.25. The van der Waals surface area contributed by atoms with Crippen molar-refractivity contribution in [3.05, 3.63) is 12.4 Å². The molecule has 96 valence electrons. The molecule has 8 heteroatoms. The van der Waals surface area contributed by atoms with Crippen molar-refractivity contribution in [2.75, 3.05) is 25.4 Å². The summed E-state index contributed by atoms with van der Waals surface area (Å²) in [6.45, 7) is 2.03. The summed E-state index contributed by atoms with van der Waals surface area (Å²) >= 11 is 0. The van der Waals surface area contributed by atoms with Gasteiger partial charge in [0.1, 0.15) is 4.90 Å². The molecule has 7 nitrogen and oxygen atoms in total. The van der Waals surface area contributed by atoms with Gasteiger partial charge in [-0.25, -0.2) is 18.4 Å². The van der Waals surface area contributed by atoms with E-state index in [4.69, 9.17) is 10.8 Å². The Bertz CT molecular complexity index is 440. The quantitative estimate of drug-likeness (QED) is 0.710. The van der Waals surface area contributed by atoms with Crippen LogP contribution in [0.4, 0.5) is 5.95 Å². The number of aromatic nitrogens is 2. The van der Waals surface area contributed by atoms with Crippen molar-refractivity contribution in [2.24, 2.45) is 0 Å². The lowest BCUT2D eigenvalue weighted by atomic mass is 10.5. The second kappa shape index (κ2) is 5.89. The zero-order chi connectivity index (χ0) is 12.9. The van der Waals surface area contributed by atoms with Crippen LogP contribution >= 0.6 is 0 Å². The number of aliphatic hydroxyl groups is 1. The molecule has 0 saturated heterocycles. The van der Waals surface area contributed by atoms with Crippen molar-refractivity contribution in [1.29, 1.82) is 0 Å². The van der Waals surface area contributed by atoms with Gasteiger partial charge in [0.25, 0.3) is 0 Å². The average Bonchev–Trinajstić information content (AvgIpc) is 2.29. The molecule has 0 unspecified atom stereocenters. The van der Waals surface area contributed by atoms with E-state index in [1.54, 1.807) is 0 Å². The lowest BCUT2D eigenvalue weighted by Gasteiger charge is -2.20. The van der Waals surface area contributed by atoms with Gasteiger partial charge in [0.2, 0.25) is 16.0 Å². The van der Waals surface area contributed by atoms with Crippen LogP contribution in [-0.2, 0) is 10.0 Å². The summed E-state index contributed by atoms with van der Waals surface area (Å²) in [7, 11) is -3.65. The van der Waals surface area contributed by atoms with Gasteiger partial charge < -0.3 is 10.8 Å². The monoisotopic (exact) mass is 260 g/mol. The topological polar surface area (TPSA) is 109 Å². The van der Waals surface area contributed by atoms with Gasteiger partial charge in [0.05, 0.1) is 19.0 Å². The number of hydrogen-bond acceptors (Lipinski definition) is 6. The lowest BCUT2D eigenvalue weighted by Crippen LogP contribution is -2.34. The second-order valence-corrected chi connectivity index (χ2v) is 5.34. The van der Waals surface area contributed by atoms with E-state index in [2.05, 4.69) is 9.97 Å². The lowest BCUT2D eigenvalue weighted by molar-refractivity contribution is 0.253. The Balaban J connectivity index is 3.02. The number of aliphatic hydroxyl groups excluding tert-OH is 1. The van der Waals surface area contributed by atoms with E-state index in [1.807, 2.05) is 6.92 Å². The third-order valence-corrected chi connectivity index (χ3v) is 3.96. The molecular weight excluding hydrogens is 244 g/mol. The maximum Gasteiger partial charge on any atom is 0.246 e. The van der Waals surface area contributed by atoms with Crippen LogP contribution in [0.15, 0.2) is 17.3 Å². The highest BCUT2D eigenvalue weighted by Gasteiger charge is 2.23. The zero-order valence-electron chi connectivity index (χ0n) is 9.57. The first kappa shape index (κ1) is 13.8. The van der Waals surface area contributed by atoms with E-state index in [-0.39, 0.29) is 24.0 Å². The van der Waals surface area contributed by atoms with Crippen LogP contribution in [0.2, 0.25) is 0 Å². The molecule has 0 atom stereocenters.